The van der Waals surface area contributed by atoms with Gasteiger partial charge in [-0.3, -0.25) is 9.59 Å². The van der Waals surface area contributed by atoms with E-state index in [4.69, 9.17) is 16.3 Å². The van der Waals surface area contributed by atoms with E-state index in [1.54, 1.807) is 0 Å². The molecule has 0 bridgehead atoms. The van der Waals surface area contributed by atoms with Crippen LogP contribution in [0.1, 0.15) is 32.1 Å². The van der Waals surface area contributed by atoms with Crippen LogP contribution in [-0.4, -0.2) is 18.5 Å². The second-order valence-corrected chi connectivity index (χ2v) is 5.52. The lowest BCUT2D eigenvalue weighted by Crippen LogP contribution is -2.26. The second-order valence-electron chi connectivity index (χ2n) is 5.11. The van der Waals surface area contributed by atoms with Gasteiger partial charge in [0.25, 0.3) is 5.91 Å². The van der Waals surface area contributed by atoms with Crippen LogP contribution in [0.25, 0.3) is 0 Å². The van der Waals surface area contributed by atoms with Crippen molar-refractivity contribution in [2.75, 3.05) is 11.9 Å². The molecule has 21 heavy (non-hydrogen) atoms. The van der Waals surface area contributed by atoms with Crippen LogP contribution in [0.2, 0.25) is 5.02 Å². The maximum Gasteiger partial charge on any atom is 0.309 e. The zero-order valence-corrected chi connectivity index (χ0v) is 12.3. The second kappa shape index (κ2) is 7.41. The van der Waals surface area contributed by atoms with E-state index < -0.39 is 11.7 Å². The maximum absolute atomic E-state index is 12.9. The van der Waals surface area contributed by atoms with E-state index >= 15 is 0 Å². The summed E-state index contributed by atoms with van der Waals surface area (Å²) in [5.74, 6) is -1.40. The van der Waals surface area contributed by atoms with Crippen molar-refractivity contribution in [2.45, 2.75) is 32.1 Å². The average Bonchev–Trinajstić information content (AvgIpc) is 2.48. The summed E-state index contributed by atoms with van der Waals surface area (Å²) in [7, 11) is 0. The number of carbonyl (C=O) groups excluding carboxylic acids is 2. The summed E-state index contributed by atoms with van der Waals surface area (Å²) in [5.41, 5.74) is 0.289. The van der Waals surface area contributed by atoms with Crippen LogP contribution in [0, 0.1) is 11.7 Å². The van der Waals surface area contributed by atoms with Crippen LogP contribution in [0.15, 0.2) is 18.2 Å². The van der Waals surface area contributed by atoms with E-state index in [1.165, 1.54) is 12.1 Å². The molecule has 1 N–H and O–H groups in total. The van der Waals surface area contributed by atoms with Gasteiger partial charge in [0, 0.05) is 0 Å². The van der Waals surface area contributed by atoms with Crippen molar-refractivity contribution in [2.24, 2.45) is 5.92 Å². The lowest BCUT2D eigenvalue weighted by atomic mass is 9.89. The normalized spacial score (nSPS) is 15.5. The third kappa shape index (κ3) is 4.70. The number of hydrogen-bond acceptors (Lipinski definition) is 3. The minimum Gasteiger partial charge on any atom is -0.455 e. The summed E-state index contributed by atoms with van der Waals surface area (Å²) in [6.07, 6.45) is 4.84. The van der Waals surface area contributed by atoms with Crippen LogP contribution >= 0.6 is 11.6 Å². The number of amides is 1. The van der Waals surface area contributed by atoms with Gasteiger partial charge in [-0.15, -0.1) is 0 Å². The van der Waals surface area contributed by atoms with Gasteiger partial charge in [0.05, 0.1) is 16.6 Å². The van der Waals surface area contributed by atoms with Crippen LogP contribution < -0.4 is 5.32 Å². The van der Waals surface area contributed by atoms with Gasteiger partial charge < -0.3 is 10.1 Å². The number of esters is 1. The van der Waals surface area contributed by atoms with Gasteiger partial charge in [0.15, 0.2) is 6.61 Å². The van der Waals surface area contributed by atoms with Crippen molar-refractivity contribution in [3.8, 4) is 0 Å². The molecule has 4 nitrogen and oxygen atoms in total. The molecule has 1 fully saturated rings. The van der Waals surface area contributed by atoms with Crippen molar-refractivity contribution in [3.63, 3.8) is 0 Å². The molecule has 0 spiro atoms. The Balaban J connectivity index is 1.80. The number of carbonyl (C=O) groups is 2. The van der Waals surface area contributed by atoms with Crippen molar-refractivity contribution in [3.05, 3.63) is 29.0 Å². The molecule has 1 saturated carbocycles. The highest BCUT2D eigenvalue weighted by Gasteiger charge is 2.23. The summed E-state index contributed by atoms with van der Waals surface area (Å²) >= 11 is 5.80. The van der Waals surface area contributed by atoms with Gasteiger partial charge in [-0.25, -0.2) is 4.39 Å². The van der Waals surface area contributed by atoms with E-state index in [0.717, 1.165) is 38.2 Å². The molecule has 1 aliphatic rings. The van der Waals surface area contributed by atoms with Gasteiger partial charge in [0.2, 0.25) is 0 Å². The largest absolute Gasteiger partial charge is 0.455 e. The molecule has 0 aliphatic heterocycles. The predicted molar refractivity (Wildman–Crippen MR) is 77.6 cm³/mol. The summed E-state index contributed by atoms with van der Waals surface area (Å²) < 4.78 is 17.9. The number of hydrogen-bond donors (Lipinski definition) is 1. The fourth-order valence-corrected chi connectivity index (χ4v) is 2.58. The molecule has 0 radical (unpaired) electrons. The third-order valence-corrected chi connectivity index (χ3v) is 3.80. The van der Waals surface area contributed by atoms with Crippen molar-refractivity contribution in [1.29, 1.82) is 0 Å². The third-order valence-electron chi connectivity index (χ3n) is 3.49. The van der Waals surface area contributed by atoms with Gasteiger partial charge >= 0.3 is 5.97 Å². The molecule has 114 valence electrons. The summed E-state index contributed by atoms with van der Waals surface area (Å²) in [4.78, 5) is 23.5. The number of anilines is 1. The Morgan fingerprint density at radius 2 is 2.00 bits per heavy atom. The summed E-state index contributed by atoms with van der Waals surface area (Å²) in [6, 6.07) is 3.65. The van der Waals surface area contributed by atoms with Gasteiger partial charge in [-0.1, -0.05) is 30.9 Å². The predicted octanol–water partition coefficient (Wildman–Crippen LogP) is 3.54. The van der Waals surface area contributed by atoms with E-state index in [0.29, 0.717) is 0 Å². The van der Waals surface area contributed by atoms with Crippen LogP contribution in [0.4, 0.5) is 10.1 Å². The van der Waals surface area contributed by atoms with Gasteiger partial charge in [0.1, 0.15) is 5.82 Å². The molecule has 1 aromatic carbocycles. The average molecular weight is 314 g/mol. The smallest absolute Gasteiger partial charge is 0.309 e. The number of ether oxygens (including phenoxy) is 1. The number of rotatable bonds is 4. The van der Waals surface area contributed by atoms with E-state index in [-0.39, 0.29) is 29.2 Å². The molecule has 0 atom stereocenters. The quantitative estimate of drug-likeness (QED) is 0.865. The Labute approximate surface area is 127 Å². The van der Waals surface area contributed by atoms with Crippen molar-refractivity contribution < 1.29 is 18.7 Å². The Morgan fingerprint density at radius 1 is 1.29 bits per heavy atom. The molecule has 1 amide bonds. The first-order chi connectivity index (χ1) is 10.1. The highest BCUT2D eigenvalue weighted by Crippen LogP contribution is 2.25. The molecule has 6 heteroatoms. The Hall–Kier alpha value is -1.62. The molecule has 0 aromatic heterocycles. The fourth-order valence-electron chi connectivity index (χ4n) is 2.37. The van der Waals surface area contributed by atoms with Gasteiger partial charge in [-0.2, -0.15) is 0 Å². The highest BCUT2D eigenvalue weighted by molar-refractivity contribution is 6.33. The Bertz CT molecular complexity index is 530. The lowest BCUT2D eigenvalue weighted by Gasteiger charge is -2.19. The Morgan fingerprint density at radius 3 is 2.67 bits per heavy atom. The first kappa shape index (κ1) is 15.8. The SMILES string of the molecule is O=C(COC(=O)C1CCCCC1)Nc1ccc(F)cc1Cl. The molecule has 2 rings (SSSR count). The molecular weight excluding hydrogens is 297 g/mol. The lowest BCUT2D eigenvalue weighted by molar-refractivity contribution is -0.152. The number of benzene rings is 1. The molecular formula is C15H17ClFNO3. The van der Waals surface area contributed by atoms with E-state index in [2.05, 4.69) is 5.32 Å². The van der Waals surface area contributed by atoms with Crippen LogP contribution in [-0.2, 0) is 14.3 Å². The first-order valence-electron chi connectivity index (χ1n) is 6.98. The number of halogens is 2. The Kier molecular flexibility index (Phi) is 5.56. The monoisotopic (exact) mass is 313 g/mol. The molecule has 0 saturated heterocycles. The van der Waals surface area contributed by atoms with E-state index in [1.807, 2.05) is 0 Å². The fraction of sp³-hybridized carbons (Fsp3) is 0.467. The van der Waals surface area contributed by atoms with Crippen molar-refractivity contribution in [1.82, 2.24) is 0 Å². The minimum absolute atomic E-state index is 0.0963. The maximum atomic E-state index is 12.9. The summed E-state index contributed by atoms with van der Waals surface area (Å²) in [5, 5.41) is 2.58. The zero-order valence-electron chi connectivity index (χ0n) is 11.5. The molecule has 0 heterocycles. The molecule has 1 aromatic rings. The minimum atomic E-state index is -0.493. The summed E-state index contributed by atoms with van der Waals surface area (Å²) in [6.45, 7) is -0.358. The molecule has 0 unspecified atom stereocenters. The number of nitrogens with one attached hydrogen (secondary N) is 1. The molecule has 1 aliphatic carbocycles. The topological polar surface area (TPSA) is 55.4 Å². The first-order valence-corrected chi connectivity index (χ1v) is 7.35. The van der Waals surface area contributed by atoms with Crippen LogP contribution in [0.3, 0.4) is 0 Å². The van der Waals surface area contributed by atoms with Crippen molar-refractivity contribution >= 4 is 29.2 Å². The highest BCUT2D eigenvalue weighted by atomic mass is 35.5. The van der Waals surface area contributed by atoms with Crippen LogP contribution in [0.5, 0.6) is 0 Å². The zero-order chi connectivity index (χ0) is 15.2. The van der Waals surface area contributed by atoms with Gasteiger partial charge in [-0.05, 0) is 31.0 Å². The standard InChI is InChI=1S/C15H17ClFNO3/c16-12-8-11(17)6-7-13(12)18-14(19)9-21-15(20)10-4-2-1-3-5-10/h6-8,10H,1-5,9H2,(H,18,19). The van der Waals surface area contributed by atoms with E-state index in [9.17, 15) is 14.0 Å².